The van der Waals surface area contributed by atoms with Gasteiger partial charge in [0.15, 0.2) is 6.54 Å². The second kappa shape index (κ2) is 12.7. The molecule has 1 heterocycles. The van der Waals surface area contributed by atoms with Gasteiger partial charge in [-0.15, -0.1) is 11.3 Å². The van der Waals surface area contributed by atoms with Gasteiger partial charge in [-0.3, -0.25) is 0 Å². The number of hydrogen-bond acceptors (Lipinski definition) is 5. The molecule has 0 aliphatic heterocycles. The molecule has 2 aromatic carbocycles. The van der Waals surface area contributed by atoms with E-state index in [1.165, 1.54) is 17.4 Å². The fourth-order valence-corrected chi connectivity index (χ4v) is 4.40. The van der Waals surface area contributed by atoms with E-state index in [1.54, 1.807) is 32.3 Å². The van der Waals surface area contributed by atoms with Gasteiger partial charge in [0.05, 0.1) is 32.0 Å². The summed E-state index contributed by atoms with van der Waals surface area (Å²) >= 11 is 7.46. The largest absolute Gasteiger partial charge is 1.00 e. The standard InChI is InChI=1S/C24H25ClF3N3O3S.ClH/c1-31(2,14-22(32)33)9-10-34-21(13-29-19-8-4-6-17(12-19)24(26,27)28)23-30-20(15-35-23)16-5-3-7-18(25)11-16;/h3-8,11-12,15,21,29H,9-10,13-14H2,1-2H3;1H. The molecule has 0 spiro atoms. The zero-order chi connectivity index (χ0) is 25.6. The number of thiazole rings is 1. The second-order valence-corrected chi connectivity index (χ2v) is 9.94. The average Bonchev–Trinajstić information content (AvgIpc) is 3.25. The second-order valence-electron chi connectivity index (χ2n) is 8.61. The molecule has 0 saturated carbocycles. The lowest BCUT2D eigenvalue weighted by Crippen LogP contribution is -3.00. The van der Waals surface area contributed by atoms with Crippen LogP contribution in [0.4, 0.5) is 18.9 Å². The number of benzene rings is 2. The number of hydrogen-bond donors (Lipinski definition) is 2. The van der Waals surface area contributed by atoms with Crippen molar-refractivity contribution in [3.05, 3.63) is 69.5 Å². The van der Waals surface area contributed by atoms with Gasteiger partial charge in [-0.1, -0.05) is 29.8 Å². The fourth-order valence-electron chi connectivity index (χ4n) is 3.34. The van der Waals surface area contributed by atoms with Crippen molar-refractivity contribution in [2.75, 3.05) is 45.7 Å². The minimum absolute atomic E-state index is 0. The van der Waals surface area contributed by atoms with E-state index in [0.29, 0.717) is 28.0 Å². The molecule has 0 fully saturated rings. The maximum absolute atomic E-state index is 13.1. The minimum Gasteiger partial charge on any atom is -1.00 e. The highest BCUT2D eigenvalue weighted by atomic mass is 35.5. The molecular formula is C24H26Cl2F3N3O3S. The summed E-state index contributed by atoms with van der Waals surface area (Å²) in [5, 5.41) is 15.2. The summed E-state index contributed by atoms with van der Waals surface area (Å²) in [6.45, 7) is 0.781. The lowest BCUT2D eigenvalue weighted by atomic mass is 10.2. The topological polar surface area (TPSA) is 71.5 Å². The van der Waals surface area contributed by atoms with Crippen LogP contribution in [0.25, 0.3) is 11.3 Å². The van der Waals surface area contributed by atoms with Crippen molar-refractivity contribution in [2.24, 2.45) is 0 Å². The summed E-state index contributed by atoms with van der Waals surface area (Å²) in [6, 6.07) is 12.2. The summed E-state index contributed by atoms with van der Waals surface area (Å²) in [6.07, 6.45) is -5.00. The molecule has 0 bridgehead atoms. The van der Waals surface area contributed by atoms with Crippen molar-refractivity contribution in [1.82, 2.24) is 4.98 Å². The molecule has 1 atom stereocenters. The van der Waals surface area contributed by atoms with Crippen molar-refractivity contribution < 1.29 is 44.7 Å². The molecule has 12 heteroatoms. The monoisotopic (exact) mass is 563 g/mol. The minimum atomic E-state index is -4.44. The highest BCUT2D eigenvalue weighted by molar-refractivity contribution is 7.10. The molecule has 3 aromatic rings. The summed E-state index contributed by atoms with van der Waals surface area (Å²) in [5.41, 5.74) is 1.11. The zero-order valence-corrected chi connectivity index (χ0v) is 21.9. The van der Waals surface area contributed by atoms with Crippen LogP contribution in [0.5, 0.6) is 0 Å². The number of nitrogens with one attached hydrogen (secondary N) is 1. The number of anilines is 1. The number of likely N-dealkylation sites (N-methyl/N-ethyl adjacent to an activating group) is 1. The van der Waals surface area contributed by atoms with E-state index >= 15 is 0 Å². The van der Waals surface area contributed by atoms with Gasteiger partial charge in [0.2, 0.25) is 0 Å². The predicted molar refractivity (Wildman–Crippen MR) is 131 cm³/mol. The van der Waals surface area contributed by atoms with Crippen LogP contribution in [0.3, 0.4) is 0 Å². The number of aromatic nitrogens is 1. The molecule has 1 unspecified atom stereocenters. The first-order valence-electron chi connectivity index (χ1n) is 10.7. The Bertz CT molecular complexity index is 1160. The Kier molecular flexibility index (Phi) is 10.6. The van der Waals surface area contributed by atoms with E-state index in [9.17, 15) is 18.0 Å². The first kappa shape index (κ1) is 29.9. The Morgan fingerprint density at radius 1 is 1.22 bits per heavy atom. The molecule has 0 radical (unpaired) electrons. The van der Waals surface area contributed by atoms with Gasteiger partial charge in [0.1, 0.15) is 17.7 Å². The van der Waals surface area contributed by atoms with Crippen LogP contribution in [0.1, 0.15) is 16.7 Å². The Balaban J connectivity index is 0.00000456. The van der Waals surface area contributed by atoms with Gasteiger partial charge >= 0.3 is 12.1 Å². The maximum atomic E-state index is 13.1. The number of aliphatic carboxylic acids is 1. The number of rotatable bonds is 11. The number of ether oxygens (including phenoxy) is 1. The van der Waals surface area contributed by atoms with Crippen LogP contribution in [-0.2, 0) is 15.7 Å². The van der Waals surface area contributed by atoms with E-state index in [1.807, 2.05) is 17.5 Å². The summed E-state index contributed by atoms with van der Waals surface area (Å²) in [4.78, 5) is 15.8. The van der Waals surface area contributed by atoms with Gasteiger partial charge in [0.25, 0.3) is 0 Å². The van der Waals surface area contributed by atoms with Crippen LogP contribution < -0.4 is 17.7 Å². The van der Waals surface area contributed by atoms with Crippen LogP contribution in [0.2, 0.25) is 5.02 Å². The first-order valence-corrected chi connectivity index (χ1v) is 12.0. The molecule has 0 aliphatic rings. The number of quaternary nitrogens is 1. The van der Waals surface area contributed by atoms with Gasteiger partial charge < -0.3 is 32.1 Å². The van der Waals surface area contributed by atoms with E-state index in [4.69, 9.17) is 21.4 Å². The maximum Gasteiger partial charge on any atom is 0.416 e. The Morgan fingerprint density at radius 2 is 1.94 bits per heavy atom. The quantitative estimate of drug-likeness (QED) is 0.351. The van der Waals surface area contributed by atoms with E-state index in [2.05, 4.69) is 10.3 Å². The molecule has 0 amide bonds. The summed E-state index contributed by atoms with van der Waals surface area (Å²) in [5.74, 6) is -0.913. The molecule has 1 aromatic heterocycles. The van der Waals surface area contributed by atoms with Crippen molar-refractivity contribution in [2.45, 2.75) is 12.3 Å². The normalized spacial score (nSPS) is 12.6. The van der Waals surface area contributed by atoms with Crippen molar-refractivity contribution in [3.63, 3.8) is 0 Å². The third kappa shape index (κ3) is 8.94. The third-order valence-corrected chi connectivity index (χ3v) is 6.35. The molecule has 6 nitrogen and oxygen atoms in total. The van der Waals surface area contributed by atoms with Crippen molar-refractivity contribution in [1.29, 1.82) is 0 Å². The number of nitrogens with zero attached hydrogens (tertiary/aromatic N) is 2. The molecule has 0 aliphatic carbocycles. The molecule has 2 N–H and O–H groups in total. The van der Waals surface area contributed by atoms with Gasteiger partial charge in [-0.2, -0.15) is 13.2 Å². The SMILES string of the molecule is C[N+](C)(CCOC(CNc1cccc(C(F)(F)F)c1)c1nc(-c2cccc(Cl)c2)cs1)CC(=O)O.[Cl-]. The predicted octanol–water partition coefficient (Wildman–Crippen LogP) is 2.82. The first-order chi connectivity index (χ1) is 16.4. The highest BCUT2D eigenvalue weighted by Crippen LogP contribution is 2.32. The fraction of sp³-hybridized carbons (Fsp3) is 0.333. The summed E-state index contributed by atoms with van der Waals surface area (Å²) < 4.78 is 45.5. The number of carbonyl (C=O) groups is 1. The van der Waals surface area contributed by atoms with Crippen molar-refractivity contribution >= 4 is 34.6 Å². The Hall–Kier alpha value is -2.37. The Morgan fingerprint density at radius 3 is 2.61 bits per heavy atom. The van der Waals surface area contributed by atoms with E-state index in [0.717, 1.165) is 17.7 Å². The Labute approximate surface area is 222 Å². The smallest absolute Gasteiger partial charge is 0.416 e. The molecule has 36 heavy (non-hydrogen) atoms. The third-order valence-electron chi connectivity index (χ3n) is 5.18. The lowest BCUT2D eigenvalue weighted by Gasteiger charge is -2.28. The van der Waals surface area contributed by atoms with Crippen LogP contribution in [-0.4, -0.2) is 60.9 Å². The number of carboxylic acid groups (broad SMARTS) is 1. The molecule has 196 valence electrons. The number of carboxylic acids is 1. The van der Waals surface area contributed by atoms with Crippen LogP contribution in [0.15, 0.2) is 53.9 Å². The zero-order valence-electron chi connectivity index (χ0n) is 19.6. The highest BCUT2D eigenvalue weighted by Gasteiger charge is 2.30. The van der Waals surface area contributed by atoms with Gasteiger partial charge in [0, 0.05) is 28.2 Å². The van der Waals surface area contributed by atoms with E-state index in [-0.39, 0.29) is 36.6 Å². The molecule has 3 rings (SSSR count). The van der Waals surface area contributed by atoms with Crippen molar-refractivity contribution in [3.8, 4) is 11.3 Å². The molecular weight excluding hydrogens is 538 g/mol. The average molecular weight is 564 g/mol. The number of halogens is 5. The number of alkyl halides is 3. The van der Waals surface area contributed by atoms with E-state index < -0.39 is 23.8 Å². The summed E-state index contributed by atoms with van der Waals surface area (Å²) in [7, 11) is 3.57. The lowest BCUT2D eigenvalue weighted by molar-refractivity contribution is -0.883. The van der Waals surface area contributed by atoms with Gasteiger partial charge in [-0.25, -0.2) is 9.78 Å². The van der Waals surface area contributed by atoms with Gasteiger partial charge in [-0.05, 0) is 30.3 Å². The van der Waals surface area contributed by atoms with Crippen LogP contribution in [0, 0.1) is 0 Å². The van der Waals surface area contributed by atoms with Crippen LogP contribution >= 0.6 is 22.9 Å². The molecule has 0 saturated heterocycles.